The molecule has 0 spiro atoms. The summed E-state index contributed by atoms with van der Waals surface area (Å²) in [5, 5.41) is 10.6. The van der Waals surface area contributed by atoms with Crippen LogP contribution in [0.3, 0.4) is 0 Å². The van der Waals surface area contributed by atoms with Crippen molar-refractivity contribution in [2.45, 2.75) is 6.92 Å². The number of ketones is 1. The molecule has 0 N–H and O–H groups in total. The maximum absolute atomic E-state index is 11.7. The van der Waals surface area contributed by atoms with Crippen molar-refractivity contribution in [1.29, 1.82) is 0 Å². The quantitative estimate of drug-likeness (QED) is 0.463. The number of benzene rings is 2. The first-order valence-electron chi connectivity index (χ1n) is 6.70. The fraction of sp³-hybridized carbons (Fsp3) is 0.118. The van der Waals surface area contributed by atoms with Gasteiger partial charge in [0.05, 0.1) is 4.92 Å². The van der Waals surface area contributed by atoms with Crippen LogP contribution in [0.5, 0.6) is 5.75 Å². The number of rotatable bonds is 6. The lowest BCUT2D eigenvalue weighted by atomic mass is 10.1. The second kappa shape index (κ2) is 7.17. The van der Waals surface area contributed by atoms with E-state index in [4.69, 9.17) is 4.74 Å². The van der Waals surface area contributed by atoms with Crippen LogP contribution in [0.25, 0.3) is 6.08 Å². The molecule has 2 rings (SSSR count). The fourth-order valence-corrected chi connectivity index (χ4v) is 1.82. The first-order chi connectivity index (χ1) is 10.6. The third-order valence-corrected chi connectivity index (χ3v) is 3.03. The van der Waals surface area contributed by atoms with Crippen LogP contribution in [-0.2, 0) is 4.79 Å². The summed E-state index contributed by atoms with van der Waals surface area (Å²) in [6.07, 6.45) is 1.77. The van der Waals surface area contributed by atoms with Crippen molar-refractivity contribution in [3.63, 3.8) is 0 Å². The van der Waals surface area contributed by atoms with Crippen LogP contribution in [0.4, 0.5) is 5.69 Å². The van der Waals surface area contributed by atoms with Crippen molar-refractivity contribution in [1.82, 2.24) is 0 Å². The number of non-ortho nitro benzene ring substituents is 1. The minimum Gasteiger partial charge on any atom is -0.489 e. The van der Waals surface area contributed by atoms with E-state index in [0.29, 0.717) is 11.3 Å². The summed E-state index contributed by atoms with van der Waals surface area (Å²) in [5.74, 6) is 0.400. The minimum absolute atomic E-state index is 0.000955. The molecule has 0 bridgehead atoms. The van der Waals surface area contributed by atoms with Gasteiger partial charge in [-0.25, -0.2) is 0 Å². The van der Waals surface area contributed by atoms with Crippen LogP contribution in [0.2, 0.25) is 0 Å². The summed E-state index contributed by atoms with van der Waals surface area (Å²) in [7, 11) is 0. The lowest BCUT2D eigenvalue weighted by Crippen LogP contribution is -2.08. The number of carbonyl (C=O) groups excluding carboxylic acids is 1. The van der Waals surface area contributed by atoms with Crippen LogP contribution in [0.15, 0.2) is 60.2 Å². The normalized spacial score (nSPS) is 11.0. The van der Waals surface area contributed by atoms with E-state index in [-0.39, 0.29) is 18.1 Å². The highest BCUT2D eigenvalue weighted by molar-refractivity contribution is 5.98. The molecule has 0 aromatic heterocycles. The summed E-state index contributed by atoms with van der Waals surface area (Å²) in [5.41, 5.74) is 1.45. The minimum atomic E-state index is -0.472. The van der Waals surface area contributed by atoms with Gasteiger partial charge >= 0.3 is 0 Å². The van der Waals surface area contributed by atoms with Gasteiger partial charge in [-0.3, -0.25) is 14.9 Å². The molecular weight excluding hydrogens is 282 g/mol. The first-order valence-corrected chi connectivity index (χ1v) is 6.70. The Labute approximate surface area is 128 Å². The van der Waals surface area contributed by atoms with E-state index in [2.05, 4.69) is 0 Å². The summed E-state index contributed by atoms with van der Waals surface area (Å²) in [4.78, 5) is 21.8. The number of ether oxygens (including phenoxy) is 1. The van der Waals surface area contributed by atoms with Gasteiger partial charge in [-0.2, -0.15) is 0 Å². The number of hydrogen-bond donors (Lipinski definition) is 0. The third kappa shape index (κ3) is 4.28. The Morgan fingerprint density at radius 1 is 1.14 bits per heavy atom. The van der Waals surface area contributed by atoms with Crippen LogP contribution >= 0.6 is 0 Å². The smallest absolute Gasteiger partial charge is 0.269 e. The predicted molar refractivity (Wildman–Crippen MR) is 83.7 cm³/mol. The molecule has 0 fully saturated rings. The second-order valence-electron chi connectivity index (χ2n) is 4.68. The van der Waals surface area contributed by atoms with E-state index in [1.165, 1.54) is 31.2 Å². The molecule has 0 saturated heterocycles. The zero-order valence-electron chi connectivity index (χ0n) is 12.1. The molecule has 0 aliphatic rings. The average Bonchev–Trinajstić information content (AvgIpc) is 2.52. The molecule has 112 valence electrons. The maximum atomic E-state index is 11.7. The standard InChI is InChI=1S/C17H15NO4/c1-13(19)15(11-14-5-3-2-4-6-14)12-22-17-9-7-16(8-10-17)18(20)21/h2-11H,12H2,1H3/b15-11+. The monoisotopic (exact) mass is 297 g/mol. The van der Waals surface area contributed by atoms with Crippen molar-refractivity contribution in [2.75, 3.05) is 6.61 Å². The lowest BCUT2D eigenvalue weighted by molar-refractivity contribution is -0.384. The highest BCUT2D eigenvalue weighted by atomic mass is 16.6. The molecular formula is C17H15NO4. The summed E-state index contributed by atoms with van der Waals surface area (Å²) in [6, 6.07) is 15.2. The summed E-state index contributed by atoms with van der Waals surface area (Å²) < 4.78 is 5.52. The number of carbonyl (C=O) groups is 1. The van der Waals surface area contributed by atoms with E-state index < -0.39 is 4.92 Å². The van der Waals surface area contributed by atoms with Gasteiger partial charge < -0.3 is 4.74 Å². The molecule has 0 atom stereocenters. The van der Waals surface area contributed by atoms with Crippen molar-refractivity contribution >= 4 is 17.5 Å². The Hall–Kier alpha value is -2.95. The molecule has 5 heteroatoms. The predicted octanol–water partition coefficient (Wildman–Crippen LogP) is 3.65. The highest BCUT2D eigenvalue weighted by Crippen LogP contribution is 2.18. The van der Waals surface area contributed by atoms with Gasteiger partial charge in [-0.15, -0.1) is 0 Å². The van der Waals surface area contributed by atoms with Crippen molar-refractivity contribution in [3.8, 4) is 5.75 Å². The molecule has 0 radical (unpaired) electrons. The molecule has 2 aromatic carbocycles. The van der Waals surface area contributed by atoms with E-state index in [1.807, 2.05) is 30.3 Å². The largest absolute Gasteiger partial charge is 0.489 e. The summed E-state index contributed by atoms with van der Waals surface area (Å²) >= 11 is 0. The second-order valence-corrected chi connectivity index (χ2v) is 4.68. The van der Waals surface area contributed by atoms with Gasteiger partial charge in [0.25, 0.3) is 5.69 Å². The Morgan fingerprint density at radius 2 is 1.77 bits per heavy atom. The van der Waals surface area contributed by atoms with Gasteiger partial charge in [-0.05, 0) is 30.7 Å². The van der Waals surface area contributed by atoms with Crippen LogP contribution in [0.1, 0.15) is 12.5 Å². The first kappa shape index (κ1) is 15.4. The molecule has 0 heterocycles. The van der Waals surface area contributed by atoms with E-state index in [1.54, 1.807) is 6.08 Å². The average molecular weight is 297 g/mol. The number of nitro groups is 1. The molecule has 5 nitrogen and oxygen atoms in total. The number of Topliss-reactive ketones (excluding diaryl/α,β-unsaturated/α-hetero) is 1. The van der Waals surface area contributed by atoms with Crippen molar-refractivity contribution in [3.05, 3.63) is 75.8 Å². The zero-order valence-corrected chi connectivity index (χ0v) is 12.1. The Bertz CT molecular complexity index is 690. The van der Waals surface area contributed by atoms with E-state index in [0.717, 1.165) is 5.56 Å². The van der Waals surface area contributed by atoms with Gasteiger partial charge in [0.1, 0.15) is 12.4 Å². The van der Waals surface area contributed by atoms with Crippen LogP contribution in [0, 0.1) is 10.1 Å². The Morgan fingerprint density at radius 3 is 2.32 bits per heavy atom. The van der Waals surface area contributed by atoms with Crippen molar-refractivity contribution < 1.29 is 14.5 Å². The van der Waals surface area contributed by atoms with Gasteiger partial charge in [0.15, 0.2) is 5.78 Å². The van der Waals surface area contributed by atoms with Gasteiger partial charge in [-0.1, -0.05) is 30.3 Å². The molecule has 2 aromatic rings. The number of nitro benzene ring substituents is 1. The molecule has 0 aliphatic carbocycles. The van der Waals surface area contributed by atoms with E-state index >= 15 is 0 Å². The highest BCUT2D eigenvalue weighted by Gasteiger charge is 2.08. The number of nitrogens with zero attached hydrogens (tertiary/aromatic N) is 1. The third-order valence-electron chi connectivity index (χ3n) is 3.03. The number of hydrogen-bond acceptors (Lipinski definition) is 4. The molecule has 22 heavy (non-hydrogen) atoms. The molecule has 0 amide bonds. The summed E-state index contributed by atoms with van der Waals surface area (Å²) in [6.45, 7) is 1.59. The molecule has 0 saturated carbocycles. The Balaban J connectivity index is 2.08. The molecule has 0 aliphatic heterocycles. The van der Waals surface area contributed by atoms with Gasteiger partial charge in [0.2, 0.25) is 0 Å². The lowest BCUT2D eigenvalue weighted by Gasteiger charge is -2.08. The maximum Gasteiger partial charge on any atom is 0.269 e. The van der Waals surface area contributed by atoms with Crippen LogP contribution < -0.4 is 4.74 Å². The topological polar surface area (TPSA) is 69.4 Å². The van der Waals surface area contributed by atoms with Crippen molar-refractivity contribution in [2.24, 2.45) is 0 Å². The fourth-order valence-electron chi connectivity index (χ4n) is 1.82. The van der Waals surface area contributed by atoms with Crippen LogP contribution in [-0.4, -0.2) is 17.3 Å². The molecule has 0 unspecified atom stereocenters. The zero-order chi connectivity index (χ0) is 15.9. The Kier molecular flexibility index (Phi) is 5.03. The van der Waals surface area contributed by atoms with Gasteiger partial charge in [0, 0.05) is 17.7 Å². The van der Waals surface area contributed by atoms with E-state index in [9.17, 15) is 14.9 Å². The SMILES string of the molecule is CC(=O)/C(=C/c1ccccc1)COc1ccc([N+](=O)[O-])cc1.